The second-order valence-corrected chi connectivity index (χ2v) is 9.07. The Labute approximate surface area is 138 Å². The van der Waals surface area contributed by atoms with Crippen LogP contribution in [0.3, 0.4) is 0 Å². The lowest BCUT2D eigenvalue weighted by molar-refractivity contribution is 0.183. The molecule has 0 amide bonds. The SMILES string of the molecule is CCC1CN(S(=O)(=O)C(C)C)CCC1NC(C)c1nc(C)no1. The Balaban J connectivity index is 2.02. The highest BCUT2D eigenvalue weighted by atomic mass is 32.2. The van der Waals surface area contributed by atoms with Gasteiger partial charge in [-0.1, -0.05) is 18.5 Å². The van der Waals surface area contributed by atoms with Crippen LogP contribution in [0.15, 0.2) is 4.52 Å². The Morgan fingerprint density at radius 2 is 2.09 bits per heavy atom. The molecule has 0 saturated carbocycles. The van der Waals surface area contributed by atoms with Crippen LogP contribution in [-0.2, 0) is 10.0 Å². The molecule has 0 bridgehead atoms. The third kappa shape index (κ3) is 4.10. The van der Waals surface area contributed by atoms with Gasteiger partial charge >= 0.3 is 0 Å². The maximum absolute atomic E-state index is 12.4. The molecule has 3 atom stereocenters. The fourth-order valence-corrected chi connectivity index (χ4v) is 4.40. The van der Waals surface area contributed by atoms with Crippen molar-refractivity contribution < 1.29 is 12.9 Å². The third-order valence-electron chi connectivity index (χ3n) is 4.55. The van der Waals surface area contributed by atoms with E-state index < -0.39 is 10.0 Å². The first kappa shape index (κ1) is 18.4. The van der Waals surface area contributed by atoms with Gasteiger partial charge in [0.1, 0.15) is 0 Å². The van der Waals surface area contributed by atoms with Gasteiger partial charge in [0.25, 0.3) is 0 Å². The number of sulfonamides is 1. The fraction of sp³-hybridized carbons (Fsp3) is 0.867. The zero-order valence-corrected chi connectivity index (χ0v) is 15.4. The Morgan fingerprint density at radius 3 is 2.61 bits per heavy atom. The van der Waals surface area contributed by atoms with Crippen molar-refractivity contribution in [3.8, 4) is 0 Å². The van der Waals surface area contributed by atoms with Gasteiger partial charge in [-0.3, -0.25) is 0 Å². The molecule has 7 nitrogen and oxygen atoms in total. The summed E-state index contributed by atoms with van der Waals surface area (Å²) in [6.45, 7) is 10.5. The van der Waals surface area contributed by atoms with Gasteiger partial charge in [-0.15, -0.1) is 0 Å². The van der Waals surface area contributed by atoms with Crippen LogP contribution in [0.2, 0.25) is 0 Å². The van der Waals surface area contributed by atoms with Gasteiger partial charge in [-0.25, -0.2) is 12.7 Å². The minimum absolute atomic E-state index is 0.0384. The Bertz CT molecular complexity index is 614. The van der Waals surface area contributed by atoms with Crippen molar-refractivity contribution in [2.75, 3.05) is 13.1 Å². The Morgan fingerprint density at radius 1 is 1.39 bits per heavy atom. The van der Waals surface area contributed by atoms with E-state index in [2.05, 4.69) is 22.4 Å². The molecule has 1 aromatic rings. The van der Waals surface area contributed by atoms with Crippen LogP contribution in [-0.4, -0.2) is 47.2 Å². The topological polar surface area (TPSA) is 88.3 Å². The molecule has 1 aliphatic heterocycles. The van der Waals surface area contributed by atoms with E-state index in [-0.39, 0.29) is 23.3 Å². The summed E-state index contributed by atoms with van der Waals surface area (Å²) in [6.07, 6.45) is 1.72. The van der Waals surface area contributed by atoms with E-state index in [0.29, 0.717) is 24.8 Å². The van der Waals surface area contributed by atoms with Crippen molar-refractivity contribution >= 4 is 10.0 Å². The average Bonchev–Trinajstić information content (AvgIpc) is 2.94. The molecule has 1 aromatic heterocycles. The zero-order valence-electron chi connectivity index (χ0n) is 14.6. The van der Waals surface area contributed by atoms with Crippen LogP contribution in [0.4, 0.5) is 0 Å². The number of rotatable bonds is 6. The second kappa shape index (κ2) is 7.27. The lowest BCUT2D eigenvalue weighted by Crippen LogP contribution is -2.52. The molecule has 2 heterocycles. The first-order valence-electron chi connectivity index (χ1n) is 8.30. The normalized spacial score (nSPS) is 25.0. The van der Waals surface area contributed by atoms with Crippen molar-refractivity contribution in [3.05, 3.63) is 11.7 Å². The Kier molecular flexibility index (Phi) is 5.80. The molecule has 0 spiro atoms. The summed E-state index contributed by atoms with van der Waals surface area (Å²) in [6, 6.07) is 0.212. The number of hydrogen-bond donors (Lipinski definition) is 1. The lowest BCUT2D eigenvalue weighted by Gasteiger charge is -2.39. The third-order valence-corrected chi connectivity index (χ3v) is 6.80. The summed E-state index contributed by atoms with van der Waals surface area (Å²) < 4.78 is 31.6. The maximum atomic E-state index is 12.4. The van der Waals surface area contributed by atoms with E-state index in [9.17, 15) is 8.42 Å². The van der Waals surface area contributed by atoms with E-state index >= 15 is 0 Å². The molecule has 1 fully saturated rings. The summed E-state index contributed by atoms with van der Waals surface area (Å²) in [5, 5.41) is 6.98. The molecule has 23 heavy (non-hydrogen) atoms. The van der Waals surface area contributed by atoms with Crippen LogP contribution < -0.4 is 5.32 Å². The zero-order chi connectivity index (χ0) is 17.2. The predicted molar refractivity (Wildman–Crippen MR) is 88.4 cm³/mol. The quantitative estimate of drug-likeness (QED) is 0.847. The van der Waals surface area contributed by atoms with Crippen LogP contribution in [0, 0.1) is 12.8 Å². The molecule has 1 N–H and O–H groups in total. The number of hydrogen-bond acceptors (Lipinski definition) is 6. The van der Waals surface area contributed by atoms with Crippen LogP contribution in [0.5, 0.6) is 0 Å². The van der Waals surface area contributed by atoms with E-state index in [1.165, 1.54) is 0 Å². The van der Waals surface area contributed by atoms with Crippen LogP contribution in [0.25, 0.3) is 0 Å². The maximum Gasteiger partial charge on any atom is 0.243 e. The monoisotopic (exact) mass is 344 g/mol. The molecule has 132 valence electrons. The van der Waals surface area contributed by atoms with E-state index in [1.807, 2.05) is 6.92 Å². The molecular formula is C15H28N4O3S. The lowest BCUT2D eigenvalue weighted by atomic mass is 9.90. The van der Waals surface area contributed by atoms with E-state index in [0.717, 1.165) is 12.8 Å². The summed E-state index contributed by atoms with van der Waals surface area (Å²) in [5.41, 5.74) is 0. The van der Waals surface area contributed by atoms with Crippen molar-refractivity contribution in [1.29, 1.82) is 0 Å². The standard InChI is InChI=1S/C15H28N4O3S/c1-6-13-9-19(23(20,21)10(2)3)8-7-14(13)16-11(4)15-17-12(5)18-22-15/h10-11,13-14,16H,6-9H2,1-5H3. The highest BCUT2D eigenvalue weighted by Gasteiger charge is 2.36. The second-order valence-electron chi connectivity index (χ2n) is 6.58. The molecule has 1 saturated heterocycles. The first-order chi connectivity index (χ1) is 10.8. The summed E-state index contributed by atoms with van der Waals surface area (Å²) in [5.74, 6) is 1.48. The number of aryl methyl sites for hydroxylation is 1. The molecule has 2 rings (SSSR count). The fourth-order valence-electron chi connectivity index (χ4n) is 3.04. The van der Waals surface area contributed by atoms with Crippen LogP contribution in [0.1, 0.15) is 58.3 Å². The first-order valence-corrected chi connectivity index (χ1v) is 9.81. The van der Waals surface area contributed by atoms with Gasteiger partial charge in [0.2, 0.25) is 15.9 Å². The van der Waals surface area contributed by atoms with Crippen molar-refractivity contribution in [1.82, 2.24) is 19.8 Å². The summed E-state index contributed by atoms with van der Waals surface area (Å²) in [7, 11) is -3.18. The molecule has 0 aromatic carbocycles. The van der Waals surface area contributed by atoms with Crippen molar-refractivity contribution in [2.45, 2.75) is 64.8 Å². The van der Waals surface area contributed by atoms with Gasteiger partial charge in [-0.2, -0.15) is 4.98 Å². The van der Waals surface area contributed by atoms with E-state index in [1.54, 1.807) is 25.1 Å². The number of piperidine rings is 1. The molecule has 3 unspecified atom stereocenters. The number of nitrogens with zero attached hydrogens (tertiary/aromatic N) is 3. The van der Waals surface area contributed by atoms with Gasteiger partial charge in [-0.05, 0) is 40.0 Å². The largest absolute Gasteiger partial charge is 0.338 e. The number of nitrogens with one attached hydrogen (secondary N) is 1. The van der Waals surface area contributed by atoms with Gasteiger partial charge in [0.15, 0.2) is 5.82 Å². The molecule has 0 aliphatic carbocycles. The molecule has 1 aliphatic rings. The minimum Gasteiger partial charge on any atom is -0.338 e. The van der Waals surface area contributed by atoms with Gasteiger partial charge in [0.05, 0.1) is 11.3 Å². The van der Waals surface area contributed by atoms with Crippen molar-refractivity contribution in [2.24, 2.45) is 5.92 Å². The molecule has 0 radical (unpaired) electrons. The Hall–Kier alpha value is -0.990. The van der Waals surface area contributed by atoms with Gasteiger partial charge < -0.3 is 9.84 Å². The predicted octanol–water partition coefficient (Wildman–Crippen LogP) is 1.87. The van der Waals surface area contributed by atoms with E-state index in [4.69, 9.17) is 4.52 Å². The summed E-state index contributed by atoms with van der Waals surface area (Å²) >= 11 is 0. The minimum atomic E-state index is -3.18. The highest BCUT2D eigenvalue weighted by Crippen LogP contribution is 2.26. The van der Waals surface area contributed by atoms with Crippen LogP contribution >= 0.6 is 0 Å². The van der Waals surface area contributed by atoms with Gasteiger partial charge in [0, 0.05) is 19.1 Å². The summed E-state index contributed by atoms with van der Waals surface area (Å²) in [4.78, 5) is 4.26. The average molecular weight is 344 g/mol. The molecular weight excluding hydrogens is 316 g/mol. The number of aromatic nitrogens is 2. The van der Waals surface area contributed by atoms with Crippen molar-refractivity contribution in [3.63, 3.8) is 0 Å². The highest BCUT2D eigenvalue weighted by molar-refractivity contribution is 7.89. The smallest absolute Gasteiger partial charge is 0.243 e. The molecule has 8 heteroatoms.